The molecule has 1 aromatic carbocycles. The van der Waals surface area contributed by atoms with Gasteiger partial charge in [-0.05, 0) is 36.3 Å². The van der Waals surface area contributed by atoms with E-state index in [1.165, 1.54) is 11.1 Å². The zero-order valence-electron chi connectivity index (χ0n) is 8.94. The van der Waals surface area contributed by atoms with Crippen LogP contribution in [-0.4, -0.2) is 11.1 Å². The molecule has 1 aromatic rings. The second kappa shape index (κ2) is 4.05. The van der Waals surface area contributed by atoms with Gasteiger partial charge in [-0.2, -0.15) is 0 Å². The van der Waals surface area contributed by atoms with Crippen LogP contribution in [-0.2, 0) is 11.2 Å². The van der Waals surface area contributed by atoms with Crippen LogP contribution in [0.2, 0.25) is 0 Å². The molecule has 0 saturated heterocycles. The number of hydrogen-bond donors (Lipinski definition) is 1. The van der Waals surface area contributed by atoms with Crippen molar-refractivity contribution in [2.45, 2.75) is 32.1 Å². The first-order valence-corrected chi connectivity index (χ1v) is 5.54. The first kappa shape index (κ1) is 10.2. The molecule has 0 aliphatic heterocycles. The lowest BCUT2D eigenvalue weighted by Gasteiger charge is -2.35. The van der Waals surface area contributed by atoms with Gasteiger partial charge in [0.1, 0.15) is 0 Å². The molecule has 2 atom stereocenters. The van der Waals surface area contributed by atoms with Gasteiger partial charge in [-0.1, -0.05) is 31.2 Å². The summed E-state index contributed by atoms with van der Waals surface area (Å²) in [5.74, 6) is -0.548. The van der Waals surface area contributed by atoms with Gasteiger partial charge in [0, 0.05) is 0 Å². The number of aryl methyl sites for hydroxylation is 1. The molecule has 80 valence electrons. The monoisotopic (exact) mass is 204 g/mol. The van der Waals surface area contributed by atoms with Crippen molar-refractivity contribution in [1.82, 2.24) is 0 Å². The summed E-state index contributed by atoms with van der Waals surface area (Å²) in [6.07, 6.45) is 2.84. The van der Waals surface area contributed by atoms with Crippen molar-refractivity contribution in [1.29, 1.82) is 0 Å². The Labute approximate surface area is 89.9 Å². The highest BCUT2D eigenvalue weighted by Gasteiger charge is 2.38. The minimum atomic E-state index is -0.642. The molecule has 2 nitrogen and oxygen atoms in total. The van der Waals surface area contributed by atoms with Crippen molar-refractivity contribution < 1.29 is 9.90 Å². The van der Waals surface area contributed by atoms with E-state index >= 15 is 0 Å². The van der Waals surface area contributed by atoms with Crippen molar-refractivity contribution in [2.24, 2.45) is 5.92 Å². The van der Waals surface area contributed by atoms with Crippen LogP contribution < -0.4 is 0 Å². The highest BCUT2D eigenvalue weighted by atomic mass is 16.4. The molecule has 1 fully saturated rings. The molecule has 1 aliphatic carbocycles. The lowest BCUT2D eigenvalue weighted by atomic mass is 9.69. The maximum Gasteiger partial charge on any atom is 0.307 e. The summed E-state index contributed by atoms with van der Waals surface area (Å²) in [6, 6.07) is 8.22. The van der Waals surface area contributed by atoms with E-state index in [9.17, 15) is 4.79 Å². The number of carboxylic acid groups (broad SMARTS) is 1. The fraction of sp³-hybridized carbons (Fsp3) is 0.462. The van der Waals surface area contributed by atoms with Crippen LogP contribution in [0.5, 0.6) is 0 Å². The Morgan fingerprint density at radius 2 is 2.13 bits per heavy atom. The SMILES string of the molecule is CCc1ccccc1C1CCC1C(=O)O. The van der Waals surface area contributed by atoms with Crippen LogP contribution in [0.4, 0.5) is 0 Å². The Morgan fingerprint density at radius 1 is 1.40 bits per heavy atom. The third-order valence-corrected chi connectivity index (χ3v) is 3.43. The highest BCUT2D eigenvalue weighted by Crippen LogP contribution is 2.43. The van der Waals surface area contributed by atoms with Crippen LogP contribution in [0.25, 0.3) is 0 Å². The average molecular weight is 204 g/mol. The van der Waals surface area contributed by atoms with Crippen molar-refractivity contribution in [3.63, 3.8) is 0 Å². The zero-order chi connectivity index (χ0) is 10.8. The topological polar surface area (TPSA) is 37.3 Å². The second-order valence-electron chi connectivity index (χ2n) is 4.18. The molecule has 0 spiro atoms. The van der Waals surface area contributed by atoms with Crippen LogP contribution in [0.3, 0.4) is 0 Å². The summed E-state index contributed by atoms with van der Waals surface area (Å²) >= 11 is 0. The predicted octanol–water partition coefficient (Wildman–Crippen LogP) is 2.83. The molecule has 15 heavy (non-hydrogen) atoms. The molecule has 2 unspecified atom stereocenters. The Balaban J connectivity index is 2.26. The minimum absolute atomic E-state index is 0.155. The Bertz CT molecular complexity index is 371. The molecule has 0 heterocycles. The van der Waals surface area contributed by atoms with E-state index in [0.29, 0.717) is 0 Å². The van der Waals surface area contributed by atoms with Gasteiger partial charge in [-0.15, -0.1) is 0 Å². The molecule has 0 radical (unpaired) electrons. The lowest BCUT2D eigenvalue weighted by molar-refractivity contribution is -0.145. The molecule has 1 aliphatic rings. The van der Waals surface area contributed by atoms with Gasteiger partial charge in [-0.25, -0.2) is 0 Å². The zero-order valence-corrected chi connectivity index (χ0v) is 8.94. The van der Waals surface area contributed by atoms with E-state index in [2.05, 4.69) is 19.1 Å². The first-order valence-electron chi connectivity index (χ1n) is 5.54. The minimum Gasteiger partial charge on any atom is -0.481 e. The molecule has 1 saturated carbocycles. The molecular formula is C13H16O2. The number of hydrogen-bond acceptors (Lipinski definition) is 1. The van der Waals surface area contributed by atoms with E-state index in [1.54, 1.807) is 0 Å². The first-order chi connectivity index (χ1) is 7.24. The van der Waals surface area contributed by atoms with Gasteiger partial charge in [0.25, 0.3) is 0 Å². The summed E-state index contributed by atoms with van der Waals surface area (Å²) < 4.78 is 0. The number of carboxylic acids is 1. The van der Waals surface area contributed by atoms with E-state index in [1.807, 2.05) is 12.1 Å². The van der Waals surface area contributed by atoms with Crippen molar-refractivity contribution >= 4 is 5.97 Å². The number of rotatable bonds is 3. The van der Waals surface area contributed by atoms with Crippen LogP contribution >= 0.6 is 0 Å². The summed E-state index contributed by atoms with van der Waals surface area (Å²) in [7, 11) is 0. The van der Waals surface area contributed by atoms with E-state index in [-0.39, 0.29) is 11.8 Å². The van der Waals surface area contributed by atoms with Crippen molar-refractivity contribution in [2.75, 3.05) is 0 Å². The van der Waals surface area contributed by atoms with Crippen LogP contribution in [0, 0.1) is 5.92 Å². The van der Waals surface area contributed by atoms with Gasteiger partial charge in [0.15, 0.2) is 0 Å². The van der Waals surface area contributed by atoms with Gasteiger partial charge in [-0.3, -0.25) is 4.79 Å². The fourth-order valence-electron chi connectivity index (χ4n) is 2.39. The Hall–Kier alpha value is -1.31. The smallest absolute Gasteiger partial charge is 0.307 e. The van der Waals surface area contributed by atoms with Crippen molar-refractivity contribution in [3.8, 4) is 0 Å². The normalized spacial score (nSPS) is 24.6. The number of carbonyl (C=O) groups is 1. The maximum absolute atomic E-state index is 11.0. The van der Waals surface area contributed by atoms with Gasteiger partial charge in [0.05, 0.1) is 5.92 Å². The maximum atomic E-state index is 11.0. The molecule has 0 bridgehead atoms. The number of benzene rings is 1. The van der Waals surface area contributed by atoms with E-state index in [4.69, 9.17) is 5.11 Å². The molecule has 2 rings (SSSR count). The lowest BCUT2D eigenvalue weighted by Crippen LogP contribution is -2.31. The van der Waals surface area contributed by atoms with E-state index in [0.717, 1.165) is 19.3 Å². The van der Waals surface area contributed by atoms with Gasteiger partial charge in [0.2, 0.25) is 0 Å². The van der Waals surface area contributed by atoms with Crippen LogP contribution in [0.1, 0.15) is 36.8 Å². The molecule has 1 N–H and O–H groups in total. The molecule has 0 amide bonds. The van der Waals surface area contributed by atoms with Gasteiger partial charge >= 0.3 is 5.97 Å². The fourth-order valence-corrected chi connectivity index (χ4v) is 2.39. The van der Waals surface area contributed by atoms with E-state index < -0.39 is 5.97 Å². The molecular weight excluding hydrogens is 188 g/mol. The van der Waals surface area contributed by atoms with Crippen LogP contribution in [0.15, 0.2) is 24.3 Å². The third kappa shape index (κ3) is 1.76. The van der Waals surface area contributed by atoms with Crippen molar-refractivity contribution in [3.05, 3.63) is 35.4 Å². The third-order valence-electron chi connectivity index (χ3n) is 3.43. The second-order valence-corrected chi connectivity index (χ2v) is 4.18. The summed E-state index contributed by atoms with van der Waals surface area (Å²) in [4.78, 5) is 11.0. The quantitative estimate of drug-likeness (QED) is 0.822. The summed E-state index contributed by atoms with van der Waals surface area (Å²) in [6.45, 7) is 2.12. The number of aliphatic carboxylic acids is 1. The summed E-state index contributed by atoms with van der Waals surface area (Å²) in [5, 5.41) is 9.03. The predicted molar refractivity (Wildman–Crippen MR) is 58.9 cm³/mol. The Kier molecular flexibility index (Phi) is 2.76. The summed E-state index contributed by atoms with van der Waals surface area (Å²) in [5.41, 5.74) is 2.55. The molecule has 2 heteroatoms. The highest BCUT2D eigenvalue weighted by molar-refractivity contribution is 5.72. The van der Waals surface area contributed by atoms with Gasteiger partial charge < -0.3 is 5.11 Å². The Morgan fingerprint density at radius 3 is 2.67 bits per heavy atom. The average Bonchev–Trinajstić information content (AvgIpc) is 2.16. The molecule has 0 aromatic heterocycles. The standard InChI is InChI=1S/C13H16O2/c1-2-9-5-3-4-6-10(9)11-7-8-12(11)13(14)15/h3-6,11-12H,2,7-8H2,1H3,(H,14,15). The largest absolute Gasteiger partial charge is 0.481 e.